The number of ketones is 2. The van der Waals surface area contributed by atoms with Crippen molar-refractivity contribution in [3.8, 4) is 0 Å². The van der Waals surface area contributed by atoms with E-state index in [-0.39, 0.29) is 22.4 Å². The molecule has 0 unspecified atom stereocenters. The SMILES string of the molecule is CC(C)=C1C(=O)c2cccc([N+](=O)[O-])c2C1=O. The summed E-state index contributed by atoms with van der Waals surface area (Å²) in [5.41, 5.74) is 0.357. The molecule has 0 amide bonds. The Kier molecular flexibility index (Phi) is 2.38. The monoisotopic (exact) mass is 231 g/mol. The number of carbonyl (C=O) groups excluding carboxylic acids is 2. The van der Waals surface area contributed by atoms with E-state index in [2.05, 4.69) is 0 Å². The van der Waals surface area contributed by atoms with Gasteiger partial charge in [0, 0.05) is 11.6 Å². The van der Waals surface area contributed by atoms with Gasteiger partial charge in [0.2, 0.25) is 5.78 Å². The molecule has 0 atom stereocenters. The molecule has 0 saturated heterocycles. The summed E-state index contributed by atoms with van der Waals surface area (Å²) in [6, 6.07) is 4.09. The highest BCUT2D eigenvalue weighted by Crippen LogP contribution is 2.34. The lowest BCUT2D eigenvalue weighted by Gasteiger charge is -1.96. The summed E-state index contributed by atoms with van der Waals surface area (Å²) in [4.78, 5) is 34.1. The molecule has 5 heteroatoms. The number of nitro benzene ring substituents is 1. The fraction of sp³-hybridized carbons (Fsp3) is 0.167. The first-order valence-electron chi connectivity index (χ1n) is 4.99. The zero-order valence-corrected chi connectivity index (χ0v) is 9.31. The smallest absolute Gasteiger partial charge is 0.281 e. The molecule has 0 N–H and O–H groups in total. The second-order valence-corrected chi connectivity index (χ2v) is 3.99. The third kappa shape index (κ3) is 1.47. The van der Waals surface area contributed by atoms with Crippen molar-refractivity contribution in [3.63, 3.8) is 0 Å². The molecule has 0 heterocycles. The number of rotatable bonds is 1. The summed E-state index contributed by atoms with van der Waals surface area (Å²) < 4.78 is 0. The van der Waals surface area contributed by atoms with Crippen LogP contribution in [0.3, 0.4) is 0 Å². The number of allylic oxidation sites excluding steroid dienone is 2. The van der Waals surface area contributed by atoms with Crippen LogP contribution in [-0.4, -0.2) is 16.5 Å². The van der Waals surface area contributed by atoms with Crippen molar-refractivity contribution in [3.05, 3.63) is 50.6 Å². The highest BCUT2D eigenvalue weighted by molar-refractivity contribution is 6.40. The molecule has 1 aliphatic carbocycles. The van der Waals surface area contributed by atoms with Gasteiger partial charge in [-0.1, -0.05) is 11.6 Å². The molecular weight excluding hydrogens is 222 g/mol. The summed E-state index contributed by atoms with van der Waals surface area (Å²) in [6.45, 7) is 3.28. The fourth-order valence-electron chi connectivity index (χ4n) is 1.94. The fourth-order valence-corrected chi connectivity index (χ4v) is 1.94. The van der Waals surface area contributed by atoms with Crippen LogP contribution in [0, 0.1) is 10.1 Å². The largest absolute Gasteiger partial charge is 0.288 e. The molecule has 0 radical (unpaired) electrons. The third-order valence-electron chi connectivity index (χ3n) is 2.66. The first kappa shape index (κ1) is 11.2. The molecule has 0 saturated carbocycles. The summed E-state index contributed by atoms with van der Waals surface area (Å²) in [5.74, 6) is -0.967. The third-order valence-corrected chi connectivity index (χ3v) is 2.66. The van der Waals surface area contributed by atoms with Crippen LogP contribution < -0.4 is 0 Å². The van der Waals surface area contributed by atoms with Gasteiger partial charge in [0.05, 0.1) is 10.5 Å². The minimum atomic E-state index is -0.641. The lowest BCUT2D eigenvalue weighted by molar-refractivity contribution is -0.385. The van der Waals surface area contributed by atoms with Crippen LogP contribution in [0.4, 0.5) is 5.69 Å². The van der Waals surface area contributed by atoms with Crippen LogP contribution in [0.2, 0.25) is 0 Å². The Balaban J connectivity index is 2.79. The first-order valence-corrected chi connectivity index (χ1v) is 4.99. The van der Waals surface area contributed by atoms with Crippen molar-refractivity contribution in [2.75, 3.05) is 0 Å². The normalized spacial score (nSPS) is 13.9. The second-order valence-electron chi connectivity index (χ2n) is 3.99. The Bertz CT molecular complexity index is 595. The van der Waals surface area contributed by atoms with Crippen molar-refractivity contribution in [1.29, 1.82) is 0 Å². The maximum Gasteiger partial charge on any atom is 0.281 e. The Morgan fingerprint density at radius 1 is 1.18 bits per heavy atom. The van der Waals surface area contributed by atoms with Gasteiger partial charge in [0.25, 0.3) is 5.69 Å². The van der Waals surface area contributed by atoms with Crippen molar-refractivity contribution >= 4 is 17.3 Å². The maximum absolute atomic E-state index is 12.0. The summed E-state index contributed by atoms with van der Waals surface area (Å²) in [5, 5.41) is 10.8. The predicted molar refractivity (Wildman–Crippen MR) is 60.1 cm³/mol. The number of carbonyl (C=O) groups is 2. The predicted octanol–water partition coefficient (Wildman–Crippen LogP) is 2.31. The van der Waals surface area contributed by atoms with E-state index in [0.29, 0.717) is 5.57 Å². The second kappa shape index (κ2) is 3.62. The number of benzene rings is 1. The molecule has 0 bridgehead atoms. The van der Waals surface area contributed by atoms with Crippen molar-refractivity contribution in [2.45, 2.75) is 13.8 Å². The summed E-state index contributed by atoms with van der Waals surface area (Å²) in [7, 11) is 0. The van der Waals surface area contributed by atoms with Crippen LogP contribution in [0.25, 0.3) is 0 Å². The molecule has 1 aromatic carbocycles. The zero-order chi connectivity index (χ0) is 12.7. The van der Waals surface area contributed by atoms with Crippen LogP contribution in [0.15, 0.2) is 29.3 Å². The molecule has 86 valence electrons. The van der Waals surface area contributed by atoms with Gasteiger partial charge in [-0.05, 0) is 19.9 Å². The average molecular weight is 231 g/mol. The minimum Gasteiger partial charge on any atom is -0.288 e. The van der Waals surface area contributed by atoms with Crippen LogP contribution in [-0.2, 0) is 0 Å². The molecule has 0 aromatic heterocycles. The van der Waals surface area contributed by atoms with Gasteiger partial charge in [0.1, 0.15) is 5.56 Å². The highest BCUT2D eigenvalue weighted by atomic mass is 16.6. The van der Waals surface area contributed by atoms with E-state index in [1.165, 1.54) is 18.2 Å². The van der Waals surface area contributed by atoms with Gasteiger partial charge in [0.15, 0.2) is 5.78 Å². The number of nitro groups is 1. The van der Waals surface area contributed by atoms with E-state index in [4.69, 9.17) is 0 Å². The number of hydrogen-bond acceptors (Lipinski definition) is 4. The standard InChI is InChI=1S/C12H9NO4/c1-6(2)9-11(14)7-4-3-5-8(13(16)17)10(7)12(9)15/h3-5H,1-2H3. The molecule has 0 fully saturated rings. The van der Waals surface area contributed by atoms with Crippen molar-refractivity contribution < 1.29 is 14.5 Å². The quantitative estimate of drug-likeness (QED) is 0.321. The number of nitrogens with zero attached hydrogens (tertiary/aromatic N) is 1. The molecule has 5 nitrogen and oxygen atoms in total. The van der Waals surface area contributed by atoms with Gasteiger partial charge >= 0.3 is 0 Å². The summed E-state index contributed by atoms with van der Waals surface area (Å²) >= 11 is 0. The van der Waals surface area contributed by atoms with Crippen molar-refractivity contribution in [2.24, 2.45) is 0 Å². The Hall–Kier alpha value is -2.30. The number of Topliss-reactive ketones (excluding diaryl/α,β-unsaturated/α-hetero) is 2. The van der Waals surface area contributed by atoms with E-state index < -0.39 is 16.5 Å². The van der Waals surface area contributed by atoms with E-state index in [1.807, 2.05) is 0 Å². The topological polar surface area (TPSA) is 77.3 Å². The zero-order valence-electron chi connectivity index (χ0n) is 9.31. The minimum absolute atomic E-state index is 0.0503. The Morgan fingerprint density at radius 2 is 1.82 bits per heavy atom. The lowest BCUT2D eigenvalue weighted by Crippen LogP contribution is -2.03. The molecule has 1 aromatic rings. The van der Waals surface area contributed by atoms with Gasteiger partial charge < -0.3 is 0 Å². The van der Waals surface area contributed by atoms with Crippen LogP contribution >= 0.6 is 0 Å². The lowest BCUT2D eigenvalue weighted by atomic mass is 10.1. The highest BCUT2D eigenvalue weighted by Gasteiger charge is 2.39. The Morgan fingerprint density at radius 3 is 2.35 bits per heavy atom. The summed E-state index contributed by atoms with van der Waals surface area (Å²) in [6.07, 6.45) is 0. The van der Waals surface area contributed by atoms with Crippen LogP contribution in [0.5, 0.6) is 0 Å². The first-order chi connectivity index (χ1) is 7.95. The van der Waals surface area contributed by atoms with Crippen molar-refractivity contribution in [1.82, 2.24) is 0 Å². The molecular formula is C12H9NO4. The maximum atomic E-state index is 12.0. The molecule has 1 aliphatic rings. The van der Waals surface area contributed by atoms with Gasteiger partial charge in [-0.25, -0.2) is 0 Å². The molecule has 2 rings (SSSR count). The molecule has 0 spiro atoms. The number of fused-ring (bicyclic) bond motifs is 1. The van der Waals surface area contributed by atoms with Gasteiger partial charge in [-0.2, -0.15) is 0 Å². The van der Waals surface area contributed by atoms with Gasteiger partial charge in [-0.3, -0.25) is 19.7 Å². The van der Waals surface area contributed by atoms with Crippen LogP contribution in [0.1, 0.15) is 34.6 Å². The van der Waals surface area contributed by atoms with E-state index in [0.717, 1.165) is 0 Å². The van der Waals surface area contributed by atoms with E-state index in [9.17, 15) is 19.7 Å². The van der Waals surface area contributed by atoms with Gasteiger partial charge in [-0.15, -0.1) is 0 Å². The van der Waals surface area contributed by atoms with E-state index in [1.54, 1.807) is 13.8 Å². The average Bonchev–Trinajstić information content (AvgIpc) is 2.51. The Labute approximate surface area is 96.9 Å². The van der Waals surface area contributed by atoms with E-state index >= 15 is 0 Å². The molecule has 0 aliphatic heterocycles. The molecule has 17 heavy (non-hydrogen) atoms. The number of hydrogen-bond donors (Lipinski definition) is 0.